The fourth-order valence-corrected chi connectivity index (χ4v) is 3.53. The predicted molar refractivity (Wildman–Crippen MR) is 98.5 cm³/mol. The number of carbonyl (C=O) groups is 2. The second kappa shape index (κ2) is 6.77. The Balaban J connectivity index is 2.09. The van der Waals surface area contributed by atoms with Crippen molar-refractivity contribution in [1.29, 1.82) is 0 Å². The van der Waals surface area contributed by atoms with Crippen molar-refractivity contribution >= 4 is 17.7 Å². The van der Waals surface area contributed by atoms with Gasteiger partial charge in [-0.3, -0.25) is 10.1 Å². The smallest absolute Gasteiger partial charge is 0.413 e. The number of nitrogens with zero attached hydrogens (tertiary/aromatic N) is 1. The normalized spacial score (nSPS) is 21.3. The van der Waals surface area contributed by atoms with Crippen LogP contribution in [0.3, 0.4) is 0 Å². The van der Waals surface area contributed by atoms with Crippen molar-refractivity contribution in [2.75, 3.05) is 5.32 Å². The maximum absolute atomic E-state index is 12.6. The standard InChI is InChI=1S/C20H30N2O3/c1-18(2,3)20(11-7-8-15(20)23)12-14-9-10-16(21-13-14)22-17(24)25-19(4,5)6/h9-10,13H,7-8,11-12H2,1-6H3,(H,21,22,24). The number of anilines is 1. The molecule has 1 amide bonds. The SMILES string of the molecule is CC(C)(C)OC(=O)Nc1ccc(CC2(C(C)(C)C)CCCC2=O)cn1. The second-order valence-corrected chi connectivity index (χ2v) is 8.96. The minimum absolute atomic E-state index is 0.0893. The molecule has 0 aromatic carbocycles. The van der Waals surface area contributed by atoms with Gasteiger partial charge in [-0.25, -0.2) is 9.78 Å². The molecule has 138 valence electrons. The summed E-state index contributed by atoms with van der Waals surface area (Å²) in [6.45, 7) is 11.9. The number of nitrogens with one attached hydrogen (secondary N) is 1. The van der Waals surface area contributed by atoms with Crippen molar-refractivity contribution in [2.45, 2.75) is 72.8 Å². The summed E-state index contributed by atoms with van der Waals surface area (Å²) in [6, 6.07) is 3.69. The van der Waals surface area contributed by atoms with E-state index in [0.717, 1.165) is 18.4 Å². The third kappa shape index (κ3) is 4.59. The van der Waals surface area contributed by atoms with E-state index in [2.05, 4.69) is 31.1 Å². The number of Topliss-reactive ketones (excluding diaryl/α,β-unsaturated/α-hetero) is 1. The monoisotopic (exact) mass is 346 g/mol. The molecule has 0 spiro atoms. The summed E-state index contributed by atoms with van der Waals surface area (Å²) in [5.41, 5.74) is 0.0503. The van der Waals surface area contributed by atoms with E-state index in [0.29, 0.717) is 24.4 Å². The highest BCUT2D eigenvalue weighted by atomic mass is 16.6. The molecule has 1 fully saturated rings. The zero-order valence-corrected chi connectivity index (χ0v) is 16.2. The number of hydrogen-bond donors (Lipinski definition) is 1. The number of pyridine rings is 1. The maximum atomic E-state index is 12.6. The highest BCUT2D eigenvalue weighted by Crippen LogP contribution is 2.50. The molecule has 1 unspecified atom stereocenters. The molecule has 1 aromatic heterocycles. The molecule has 0 radical (unpaired) electrons. The van der Waals surface area contributed by atoms with E-state index in [4.69, 9.17) is 4.74 Å². The largest absolute Gasteiger partial charge is 0.444 e. The lowest BCUT2D eigenvalue weighted by atomic mass is 9.62. The molecule has 1 aromatic rings. The molecule has 0 bridgehead atoms. The molecule has 1 saturated carbocycles. The summed E-state index contributed by atoms with van der Waals surface area (Å²) in [5.74, 6) is 0.802. The Morgan fingerprint density at radius 2 is 1.92 bits per heavy atom. The van der Waals surface area contributed by atoms with Crippen LogP contribution < -0.4 is 5.32 Å². The summed E-state index contributed by atoms with van der Waals surface area (Å²) < 4.78 is 5.22. The summed E-state index contributed by atoms with van der Waals surface area (Å²) in [7, 11) is 0. The Bertz CT molecular complexity index is 638. The quantitative estimate of drug-likeness (QED) is 0.857. The third-order valence-corrected chi connectivity index (χ3v) is 4.94. The highest BCUT2D eigenvalue weighted by Gasteiger charge is 2.50. The van der Waals surface area contributed by atoms with Gasteiger partial charge in [0.05, 0.1) is 0 Å². The van der Waals surface area contributed by atoms with Gasteiger partial charge in [-0.15, -0.1) is 0 Å². The molecule has 1 aliphatic carbocycles. The van der Waals surface area contributed by atoms with Gasteiger partial charge in [0.15, 0.2) is 0 Å². The molecule has 0 aliphatic heterocycles. The van der Waals surface area contributed by atoms with Gasteiger partial charge >= 0.3 is 6.09 Å². The number of ketones is 1. The Morgan fingerprint density at radius 1 is 1.24 bits per heavy atom. The Hall–Kier alpha value is -1.91. The van der Waals surface area contributed by atoms with E-state index in [9.17, 15) is 9.59 Å². The van der Waals surface area contributed by atoms with Crippen molar-refractivity contribution in [3.05, 3.63) is 23.9 Å². The van der Waals surface area contributed by atoms with E-state index in [-0.39, 0.29) is 10.8 Å². The van der Waals surface area contributed by atoms with Crippen LogP contribution in [-0.2, 0) is 16.0 Å². The summed E-state index contributed by atoms with van der Waals surface area (Å²) in [5, 5.41) is 2.63. The third-order valence-electron chi connectivity index (χ3n) is 4.94. The topological polar surface area (TPSA) is 68.3 Å². The lowest BCUT2D eigenvalue weighted by Crippen LogP contribution is -2.41. The molecule has 2 rings (SSSR count). The maximum Gasteiger partial charge on any atom is 0.413 e. The van der Waals surface area contributed by atoms with E-state index < -0.39 is 11.7 Å². The van der Waals surface area contributed by atoms with Gasteiger partial charge in [0, 0.05) is 18.0 Å². The van der Waals surface area contributed by atoms with Gasteiger partial charge in [0.2, 0.25) is 0 Å². The van der Waals surface area contributed by atoms with Gasteiger partial charge in [-0.2, -0.15) is 0 Å². The first-order chi connectivity index (χ1) is 11.4. The van der Waals surface area contributed by atoms with Crippen LogP contribution in [0.15, 0.2) is 18.3 Å². The Labute approximate surface area is 150 Å². The number of carbonyl (C=O) groups excluding carboxylic acids is 2. The molecule has 5 heteroatoms. The molecule has 25 heavy (non-hydrogen) atoms. The van der Waals surface area contributed by atoms with Crippen molar-refractivity contribution in [3.8, 4) is 0 Å². The second-order valence-electron chi connectivity index (χ2n) is 8.96. The lowest BCUT2D eigenvalue weighted by molar-refractivity contribution is -0.131. The molecule has 5 nitrogen and oxygen atoms in total. The van der Waals surface area contributed by atoms with E-state index in [1.165, 1.54) is 0 Å². The van der Waals surface area contributed by atoms with Crippen LogP contribution in [-0.4, -0.2) is 22.5 Å². The van der Waals surface area contributed by atoms with Crippen molar-refractivity contribution < 1.29 is 14.3 Å². The van der Waals surface area contributed by atoms with Crippen molar-refractivity contribution in [2.24, 2.45) is 10.8 Å². The highest BCUT2D eigenvalue weighted by molar-refractivity contribution is 5.88. The van der Waals surface area contributed by atoms with Gasteiger partial charge < -0.3 is 4.74 Å². The Kier molecular flexibility index (Phi) is 5.26. The van der Waals surface area contributed by atoms with Gasteiger partial charge in [-0.05, 0) is 57.1 Å². The van der Waals surface area contributed by atoms with E-state index in [1.807, 2.05) is 26.8 Å². The molecule has 0 saturated heterocycles. The molecular formula is C20H30N2O3. The number of hydrogen-bond acceptors (Lipinski definition) is 4. The number of rotatable bonds is 3. The van der Waals surface area contributed by atoms with Crippen LogP contribution in [0, 0.1) is 10.8 Å². The van der Waals surface area contributed by atoms with Crippen molar-refractivity contribution in [3.63, 3.8) is 0 Å². The van der Waals surface area contributed by atoms with Gasteiger partial charge in [0.25, 0.3) is 0 Å². The number of aromatic nitrogens is 1. The van der Waals surface area contributed by atoms with Crippen LogP contribution in [0.2, 0.25) is 0 Å². The fourth-order valence-electron chi connectivity index (χ4n) is 3.53. The Morgan fingerprint density at radius 3 is 2.36 bits per heavy atom. The van der Waals surface area contributed by atoms with Crippen LogP contribution in [0.25, 0.3) is 0 Å². The molecule has 1 atom stereocenters. The first-order valence-electron chi connectivity index (χ1n) is 8.91. The number of ether oxygens (including phenoxy) is 1. The average molecular weight is 346 g/mol. The fraction of sp³-hybridized carbons (Fsp3) is 0.650. The molecule has 1 aliphatic rings. The summed E-state index contributed by atoms with van der Waals surface area (Å²) in [4.78, 5) is 28.7. The van der Waals surface area contributed by atoms with E-state index >= 15 is 0 Å². The number of amides is 1. The van der Waals surface area contributed by atoms with Crippen LogP contribution in [0.5, 0.6) is 0 Å². The molecule has 1 heterocycles. The van der Waals surface area contributed by atoms with Gasteiger partial charge in [-0.1, -0.05) is 26.8 Å². The van der Waals surface area contributed by atoms with Crippen LogP contribution in [0.1, 0.15) is 66.4 Å². The predicted octanol–water partition coefficient (Wildman–Crippen LogP) is 4.76. The van der Waals surface area contributed by atoms with Crippen molar-refractivity contribution in [1.82, 2.24) is 4.98 Å². The van der Waals surface area contributed by atoms with Gasteiger partial charge in [0.1, 0.15) is 17.2 Å². The molecule has 1 N–H and O–H groups in total. The summed E-state index contributed by atoms with van der Waals surface area (Å²) in [6.07, 6.45) is 4.46. The lowest BCUT2D eigenvalue weighted by Gasteiger charge is -2.40. The molecular weight excluding hydrogens is 316 g/mol. The van der Waals surface area contributed by atoms with E-state index in [1.54, 1.807) is 12.3 Å². The zero-order valence-electron chi connectivity index (χ0n) is 16.2. The minimum atomic E-state index is -0.550. The first kappa shape index (κ1) is 19.4. The first-order valence-corrected chi connectivity index (χ1v) is 8.91. The summed E-state index contributed by atoms with van der Waals surface area (Å²) >= 11 is 0. The average Bonchev–Trinajstić information content (AvgIpc) is 2.81. The van der Waals surface area contributed by atoms with Crippen LogP contribution in [0.4, 0.5) is 10.6 Å². The zero-order chi connectivity index (χ0) is 18.9. The minimum Gasteiger partial charge on any atom is -0.444 e. The van der Waals surface area contributed by atoms with Crippen LogP contribution >= 0.6 is 0 Å².